The van der Waals surface area contributed by atoms with E-state index >= 15 is 0 Å². The van der Waals surface area contributed by atoms with Crippen LogP contribution in [0.25, 0.3) is 11.1 Å². The fraction of sp³-hybridized carbons (Fsp3) is 0.367. The number of aliphatic imine (C=N–C) groups is 2. The van der Waals surface area contributed by atoms with Crippen molar-refractivity contribution in [3.8, 4) is 11.1 Å². The Morgan fingerprint density at radius 3 is 2.63 bits per heavy atom. The average molecular weight is 523 g/mol. The van der Waals surface area contributed by atoms with Crippen LogP contribution in [0.5, 0.6) is 0 Å². The van der Waals surface area contributed by atoms with Crippen molar-refractivity contribution in [2.45, 2.75) is 57.6 Å². The largest absolute Gasteiger partial charge is 0.446 e. The number of esters is 1. The Hall–Kier alpha value is -3.68. The number of hydrogen-bond acceptors (Lipinski definition) is 5. The predicted octanol–water partition coefficient (Wildman–Crippen LogP) is 7.21. The highest BCUT2D eigenvalue weighted by molar-refractivity contribution is 6.02. The first-order valence-corrected chi connectivity index (χ1v) is 12.9. The Kier molecular flexibility index (Phi) is 7.49. The highest BCUT2D eigenvalue weighted by Gasteiger charge is 2.42. The topological polar surface area (TPSA) is 60.3 Å². The summed E-state index contributed by atoms with van der Waals surface area (Å²) in [4.78, 5) is 20.1. The number of fused-ring (bicyclic) bond motifs is 1. The van der Waals surface area contributed by atoms with Gasteiger partial charge in [-0.1, -0.05) is 75.2 Å². The molecule has 5 rings (SSSR count). The summed E-state index contributed by atoms with van der Waals surface area (Å²) in [5.74, 6) is -2.07. The van der Waals surface area contributed by atoms with Crippen LogP contribution < -0.4 is 0 Å². The van der Waals surface area contributed by atoms with Gasteiger partial charge in [0.2, 0.25) is 12.1 Å². The van der Waals surface area contributed by atoms with Gasteiger partial charge in [-0.3, -0.25) is 0 Å². The second-order valence-corrected chi connectivity index (χ2v) is 9.99. The number of benzene rings is 2. The molecule has 2 aromatic carbocycles. The molecular weight excluding hydrogens is 493 g/mol. The molecule has 2 aromatic rings. The molecule has 0 saturated heterocycles. The molecular formula is C30H29F3N2O3. The highest BCUT2D eigenvalue weighted by atomic mass is 19.3. The van der Waals surface area contributed by atoms with Gasteiger partial charge in [0.15, 0.2) is 5.84 Å². The summed E-state index contributed by atoms with van der Waals surface area (Å²) >= 11 is 0. The lowest BCUT2D eigenvalue weighted by Crippen LogP contribution is -2.41. The fourth-order valence-electron chi connectivity index (χ4n) is 4.85. The quantitative estimate of drug-likeness (QED) is 0.258. The van der Waals surface area contributed by atoms with Crippen LogP contribution in [-0.4, -0.2) is 30.4 Å². The van der Waals surface area contributed by atoms with Crippen molar-refractivity contribution in [1.82, 2.24) is 0 Å². The number of hydrogen-bond donors (Lipinski definition) is 0. The molecule has 5 nitrogen and oxygen atoms in total. The smallest absolute Gasteiger partial charge is 0.332 e. The zero-order valence-electron chi connectivity index (χ0n) is 21.1. The first-order chi connectivity index (χ1) is 18.3. The van der Waals surface area contributed by atoms with E-state index in [2.05, 4.69) is 16.6 Å². The number of nitrogens with zero attached hydrogens (tertiary/aromatic N) is 2. The van der Waals surface area contributed by atoms with Crippen LogP contribution in [0, 0.1) is 17.7 Å². The number of alkyl halides is 2. The maximum absolute atomic E-state index is 15.0. The lowest BCUT2D eigenvalue weighted by atomic mass is 9.89. The van der Waals surface area contributed by atoms with Gasteiger partial charge in [-0.05, 0) is 41.5 Å². The molecule has 1 saturated carbocycles. The summed E-state index contributed by atoms with van der Waals surface area (Å²) < 4.78 is 53.5. The first-order valence-electron chi connectivity index (χ1n) is 12.9. The number of halogens is 3. The number of carbonyl (C=O) groups excluding carboxylic acids is 1. The minimum Gasteiger partial charge on any atom is -0.446 e. The SMILES string of the molecule is C=C(OC1=NC(C(F)F)=NC2OC(=O)C=C(CCCC3CC3)C12)C(C)c1ccc(-c2ccccc2)c(F)c1. The summed E-state index contributed by atoms with van der Waals surface area (Å²) in [6, 6.07) is 14.1. The van der Waals surface area contributed by atoms with Gasteiger partial charge in [0.25, 0.3) is 6.43 Å². The molecule has 3 unspecified atom stereocenters. The van der Waals surface area contributed by atoms with Crippen LogP contribution in [0.2, 0.25) is 0 Å². The summed E-state index contributed by atoms with van der Waals surface area (Å²) in [5.41, 5.74) is 2.53. The Balaban J connectivity index is 1.36. The summed E-state index contributed by atoms with van der Waals surface area (Å²) in [6.45, 7) is 5.78. The molecule has 0 aromatic heterocycles. The third kappa shape index (κ3) is 5.74. The molecule has 0 N–H and O–H groups in total. The van der Waals surface area contributed by atoms with Crippen molar-refractivity contribution in [3.63, 3.8) is 0 Å². The molecule has 3 atom stereocenters. The molecule has 2 aliphatic heterocycles. The van der Waals surface area contributed by atoms with Crippen LogP contribution >= 0.6 is 0 Å². The number of amidine groups is 1. The van der Waals surface area contributed by atoms with Crippen LogP contribution in [0.15, 0.2) is 82.5 Å². The van der Waals surface area contributed by atoms with E-state index in [9.17, 15) is 18.0 Å². The highest BCUT2D eigenvalue weighted by Crippen LogP contribution is 2.38. The van der Waals surface area contributed by atoms with Crippen LogP contribution in [0.4, 0.5) is 13.2 Å². The molecule has 3 aliphatic rings. The van der Waals surface area contributed by atoms with Gasteiger partial charge in [0.05, 0.1) is 0 Å². The van der Waals surface area contributed by atoms with Gasteiger partial charge in [0.1, 0.15) is 17.5 Å². The van der Waals surface area contributed by atoms with Crippen molar-refractivity contribution < 1.29 is 27.4 Å². The van der Waals surface area contributed by atoms with Gasteiger partial charge < -0.3 is 9.47 Å². The van der Waals surface area contributed by atoms with E-state index in [0.29, 0.717) is 23.1 Å². The van der Waals surface area contributed by atoms with Gasteiger partial charge in [-0.25, -0.2) is 23.0 Å². The standard InChI is InChI=1S/C30H29F3N2O3/c1-17(21-13-14-23(24(31)15-21)20-8-4-3-5-9-20)18(2)37-29-26-22(10-6-7-19-11-12-19)16-25(36)38-30(26)35-28(34-29)27(32)33/h3-5,8-9,13-17,19,26-27,30H,2,6-7,10-12H2,1H3. The number of allylic oxidation sites excluding steroid dienone is 1. The number of rotatable bonds is 9. The molecule has 0 spiro atoms. The molecule has 38 heavy (non-hydrogen) atoms. The molecule has 1 fully saturated rings. The molecule has 0 radical (unpaired) electrons. The van der Waals surface area contributed by atoms with Gasteiger partial charge in [-0.15, -0.1) is 0 Å². The molecule has 198 valence electrons. The van der Waals surface area contributed by atoms with Crippen LogP contribution in [0.3, 0.4) is 0 Å². The predicted molar refractivity (Wildman–Crippen MR) is 139 cm³/mol. The van der Waals surface area contributed by atoms with E-state index < -0.39 is 42.1 Å². The van der Waals surface area contributed by atoms with E-state index in [0.717, 1.165) is 24.3 Å². The zero-order chi connectivity index (χ0) is 26.8. The maximum Gasteiger partial charge on any atom is 0.332 e. The van der Waals surface area contributed by atoms with E-state index in [-0.39, 0.29) is 11.7 Å². The summed E-state index contributed by atoms with van der Waals surface area (Å²) in [5, 5.41) is 0. The van der Waals surface area contributed by atoms with E-state index in [1.54, 1.807) is 19.1 Å². The molecule has 1 aliphatic carbocycles. The van der Waals surface area contributed by atoms with Crippen LogP contribution in [0.1, 0.15) is 50.5 Å². The van der Waals surface area contributed by atoms with Crippen molar-refractivity contribution in [2.75, 3.05) is 0 Å². The molecule has 2 heterocycles. The van der Waals surface area contributed by atoms with E-state index in [1.807, 2.05) is 30.3 Å². The summed E-state index contributed by atoms with van der Waals surface area (Å²) in [6.07, 6.45) is 2.16. The maximum atomic E-state index is 15.0. The zero-order valence-corrected chi connectivity index (χ0v) is 21.1. The van der Waals surface area contributed by atoms with Gasteiger partial charge >= 0.3 is 5.97 Å². The lowest BCUT2D eigenvalue weighted by Gasteiger charge is -2.33. The van der Waals surface area contributed by atoms with Gasteiger partial charge in [0, 0.05) is 17.6 Å². The van der Waals surface area contributed by atoms with Gasteiger partial charge in [-0.2, -0.15) is 4.99 Å². The minimum atomic E-state index is -2.97. The van der Waals surface area contributed by atoms with E-state index in [1.165, 1.54) is 25.0 Å². The monoisotopic (exact) mass is 522 g/mol. The van der Waals surface area contributed by atoms with E-state index in [4.69, 9.17) is 9.47 Å². The molecule has 8 heteroatoms. The molecule has 0 bridgehead atoms. The third-order valence-electron chi connectivity index (χ3n) is 7.24. The van der Waals surface area contributed by atoms with Crippen molar-refractivity contribution >= 4 is 17.7 Å². The second-order valence-electron chi connectivity index (χ2n) is 9.99. The normalized spacial score (nSPS) is 21.6. The Labute approximate surface area is 219 Å². The summed E-state index contributed by atoms with van der Waals surface area (Å²) in [7, 11) is 0. The number of ether oxygens (including phenoxy) is 2. The lowest BCUT2D eigenvalue weighted by molar-refractivity contribution is -0.145. The molecule has 0 amide bonds. The van der Waals surface area contributed by atoms with Crippen molar-refractivity contribution in [1.29, 1.82) is 0 Å². The Bertz CT molecular complexity index is 1320. The third-order valence-corrected chi connectivity index (χ3v) is 7.24. The van der Waals surface area contributed by atoms with Crippen LogP contribution in [-0.2, 0) is 14.3 Å². The Morgan fingerprint density at radius 2 is 1.95 bits per heavy atom. The van der Waals surface area contributed by atoms with Crippen molar-refractivity contribution in [2.24, 2.45) is 21.8 Å². The minimum absolute atomic E-state index is 0.0382. The second kappa shape index (κ2) is 11.0. The Morgan fingerprint density at radius 1 is 1.18 bits per heavy atom. The van der Waals surface area contributed by atoms with Crippen molar-refractivity contribution in [3.05, 3.63) is 83.9 Å². The first kappa shape index (κ1) is 25.9. The fourth-order valence-corrected chi connectivity index (χ4v) is 4.85. The number of carbonyl (C=O) groups is 1. The average Bonchev–Trinajstić information content (AvgIpc) is 3.72.